The molecule has 3 rings (SSSR count). The van der Waals surface area contributed by atoms with Crippen molar-refractivity contribution >= 4 is 17.6 Å². The topological polar surface area (TPSA) is 63.2 Å². The number of ether oxygens (including phenoxy) is 5. The summed E-state index contributed by atoms with van der Waals surface area (Å²) in [7, 11) is 1.45. The predicted octanol–water partition coefficient (Wildman–Crippen LogP) is 7.87. The van der Waals surface area contributed by atoms with Crippen molar-refractivity contribution < 1.29 is 28.5 Å². The van der Waals surface area contributed by atoms with Crippen molar-refractivity contribution in [2.75, 3.05) is 20.3 Å². The van der Waals surface area contributed by atoms with Gasteiger partial charge in [-0.25, -0.2) is 0 Å². The van der Waals surface area contributed by atoms with E-state index in [-0.39, 0.29) is 42.1 Å². The number of carbonyl (C=O) groups is 1. The second-order valence-electron chi connectivity index (χ2n) is 11.7. The van der Waals surface area contributed by atoms with Crippen LogP contribution in [0.4, 0.5) is 0 Å². The Morgan fingerprint density at radius 3 is 2.38 bits per heavy atom. The summed E-state index contributed by atoms with van der Waals surface area (Å²) >= 11 is 7.00. The molecule has 3 aliphatic rings. The first-order chi connectivity index (χ1) is 19.0. The van der Waals surface area contributed by atoms with Gasteiger partial charge in [0.15, 0.2) is 12.6 Å². The molecule has 0 radical (unpaired) electrons. The van der Waals surface area contributed by atoms with Gasteiger partial charge < -0.3 is 23.7 Å². The summed E-state index contributed by atoms with van der Waals surface area (Å²) in [6, 6.07) is 0. The SMILES string of the molecule is COC(=O)CCCCCC[C@@H]1[C@@H](C=C[C@H](CCC=C(C)C)OC2CCCCO2)[C@H](OC2CCCCO2)C[C@H]1Cl. The van der Waals surface area contributed by atoms with Crippen LogP contribution in [0.5, 0.6) is 0 Å². The van der Waals surface area contributed by atoms with Crippen LogP contribution in [0.1, 0.15) is 110 Å². The second-order valence-corrected chi connectivity index (χ2v) is 12.3. The quantitative estimate of drug-likeness (QED) is 0.0817. The Bertz CT molecular complexity index is 739. The van der Waals surface area contributed by atoms with Crippen molar-refractivity contribution in [2.45, 2.75) is 140 Å². The molecule has 6 nitrogen and oxygen atoms in total. The standard InChI is InChI=1S/C32H53ClO6/c1-24(2)13-12-14-25(38-31-17-8-10-21-36-31)19-20-27-26(15-6-4-5-7-16-30(34)35-3)28(33)23-29(27)39-32-18-9-11-22-37-32/h13,19-20,25-29,31-32H,4-12,14-18,21-23H2,1-3H3/t25-,26+,27+,28+,29+,31?,32?/m0/s1. The predicted molar refractivity (Wildman–Crippen MR) is 156 cm³/mol. The van der Waals surface area contributed by atoms with Crippen LogP contribution in [0, 0.1) is 11.8 Å². The van der Waals surface area contributed by atoms with Crippen LogP contribution in [0.25, 0.3) is 0 Å². The van der Waals surface area contributed by atoms with Crippen LogP contribution in [0.2, 0.25) is 0 Å². The maximum absolute atomic E-state index is 11.4. The molecule has 0 bridgehead atoms. The molecule has 224 valence electrons. The third-order valence-corrected chi connectivity index (χ3v) is 8.72. The third-order valence-electron chi connectivity index (χ3n) is 8.22. The van der Waals surface area contributed by atoms with Crippen molar-refractivity contribution in [3.63, 3.8) is 0 Å². The van der Waals surface area contributed by atoms with Gasteiger partial charge in [-0.15, -0.1) is 11.6 Å². The Hall–Kier alpha value is -0.920. The molecule has 7 atom stereocenters. The van der Waals surface area contributed by atoms with Crippen LogP contribution in [0.15, 0.2) is 23.8 Å². The zero-order valence-corrected chi connectivity index (χ0v) is 25.4. The van der Waals surface area contributed by atoms with E-state index in [1.54, 1.807) is 0 Å². The second kappa shape index (κ2) is 18.5. The van der Waals surface area contributed by atoms with Crippen molar-refractivity contribution in [1.82, 2.24) is 0 Å². The van der Waals surface area contributed by atoms with E-state index in [0.29, 0.717) is 12.3 Å². The fourth-order valence-electron chi connectivity index (χ4n) is 5.99. The zero-order valence-electron chi connectivity index (χ0n) is 24.6. The smallest absolute Gasteiger partial charge is 0.305 e. The highest BCUT2D eigenvalue weighted by molar-refractivity contribution is 6.21. The van der Waals surface area contributed by atoms with Gasteiger partial charge in [-0.2, -0.15) is 0 Å². The van der Waals surface area contributed by atoms with Crippen LogP contribution in [-0.4, -0.2) is 56.5 Å². The number of esters is 1. The minimum Gasteiger partial charge on any atom is -0.469 e. The van der Waals surface area contributed by atoms with Crippen LogP contribution < -0.4 is 0 Å². The van der Waals surface area contributed by atoms with Crippen LogP contribution in [0.3, 0.4) is 0 Å². The summed E-state index contributed by atoms with van der Waals surface area (Å²) < 4.78 is 29.6. The van der Waals surface area contributed by atoms with Gasteiger partial charge in [0.25, 0.3) is 0 Å². The molecule has 2 heterocycles. The lowest BCUT2D eigenvalue weighted by molar-refractivity contribution is -0.192. The summed E-state index contributed by atoms with van der Waals surface area (Å²) in [5.41, 5.74) is 1.33. The Morgan fingerprint density at radius 1 is 1.00 bits per heavy atom. The van der Waals surface area contributed by atoms with Gasteiger partial charge in [-0.1, -0.05) is 43.1 Å². The van der Waals surface area contributed by atoms with Crippen molar-refractivity contribution in [3.8, 4) is 0 Å². The number of allylic oxidation sites excluding steroid dienone is 2. The first kappa shape index (κ1) is 32.6. The van der Waals surface area contributed by atoms with E-state index >= 15 is 0 Å². The van der Waals surface area contributed by atoms with E-state index in [2.05, 4.69) is 32.1 Å². The molecule has 2 aliphatic heterocycles. The molecule has 1 saturated carbocycles. The minimum absolute atomic E-state index is 0.00336. The van der Waals surface area contributed by atoms with Gasteiger partial charge in [-0.3, -0.25) is 4.79 Å². The lowest BCUT2D eigenvalue weighted by Crippen LogP contribution is -2.31. The zero-order chi connectivity index (χ0) is 27.9. The fraction of sp³-hybridized carbons (Fsp3) is 0.844. The molecule has 0 aromatic carbocycles. The minimum atomic E-state index is -0.124. The highest BCUT2D eigenvalue weighted by Gasteiger charge is 2.42. The first-order valence-corrected chi connectivity index (χ1v) is 16.0. The summed E-state index contributed by atoms with van der Waals surface area (Å²) in [6.45, 7) is 5.85. The van der Waals surface area contributed by atoms with E-state index in [1.165, 1.54) is 12.7 Å². The lowest BCUT2D eigenvalue weighted by atomic mass is 9.88. The molecule has 0 aromatic rings. The molecule has 1 aliphatic carbocycles. The van der Waals surface area contributed by atoms with Crippen LogP contribution in [-0.2, 0) is 28.5 Å². The Kier molecular flexibility index (Phi) is 15.5. The average Bonchev–Trinajstić information content (AvgIpc) is 3.23. The van der Waals surface area contributed by atoms with E-state index in [0.717, 1.165) is 103 Å². The Morgan fingerprint density at radius 2 is 1.72 bits per heavy atom. The Balaban J connectivity index is 1.64. The van der Waals surface area contributed by atoms with Gasteiger partial charge >= 0.3 is 5.97 Å². The van der Waals surface area contributed by atoms with E-state index < -0.39 is 0 Å². The van der Waals surface area contributed by atoms with Gasteiger partial charge in [0.05, 0.1) is 19.3 Å². The molecule has 39 heavy (non-hydrogen) atoms. The van der Waals surface area contributed by atoms with E-state index in [9.17, 15) is 4.79 Å². The number of carbonyl (C=O) groups excluding carboxylic acids is 1. The molecular weight excluding hydrogens is 516 g/mol. The number of halogens is 1. The van der Waals surface area contributed by atoms with Crippen molar-refractivity contribution in [2.24, 2.45) is 11.8 Å². The first-order valence-electron chi connectivity index (χ1n) is 15.5. The van der Waals surface area contributed by atoms with Gasteiger partial charge in [0.1, 0.15) is 0 Å². The number of rotatable bonds is 16. The largest absolute Gasteiger partial charge is 0.469 e. The monoisotopic (exact) mass is 568 g/mol. The summed E-state index contributed by atoms with van der Waals surface area (Å²) in [5.74, 6) is 0.457. The van der Waals surface area contributed by atoms with Gasteiger partial charge in [-0.05, 0) is 90.4 Å². The van der Waals surface area contributed by atoms with Crippen molar-refractivity contribution in [3.05, 3.63) is 23.8 Å². The number of hydrogen-bond acceptors (Lipinski definition) is 6. The van der Waals surface area contributed by atoms with E-state index in [1.807, 2.05) is 0 Å². The van der Waals surface area contributed by atoms with Gasteiger partial charge in [0.2, 0.25) is 0 Å². The average molecular weight is 569 g/mol. The number of methoxy groups -OCH3 is 1. The van der Waals surface area contributed by atoms with Crippen LogP contribution >= 0.6 is 11.6 Å². The molecule has 0 N–H and O–H groups in total. The molecule has 0 spiro atoms. The molecule has 0 amide bonds. The highest BCUT2D eigenvalue weighted by atomic mass is 35.5. The summed E-state index contributed by atoms with van der Waals surface area (Å²) in [4.78, 5) is 11.4. The fourth-order valence-corrected chi connectivity index (χ4v) is 6.46. The number of alkyl halides is 1. The normalized spacial score (nSPS) is 30.4. The third kappa shape index (κ3) is 12.2. The summed E-state index contributed by atoms with van der Waals surface area (Å²) in [5, 5.41) is 0.0787. The number of unbranched alkanes of at least 4 members (excludes halogenated alkanes) is 3. The van der Waals surface area contributed by atoms with Gasteiger partial charge in [0, 0.05) is 30.9 Å². The molecule has 7 heteroatoms. The van der Waals surface area contributed by atoms with Crippen molar-refractivity contribution in [1.29, 1.82) is 0 Å². The molecule has 0 aromatic heterocycles. The molecule has 2 saturated heterocycles. The highest BCUT2D eigenvalue weighted by Crippen LogP contribution is 2.43. The molecule has 2 unspecified atom stereocenters. The number of hydrogen-bond donors (Lipinski definition) is 0. The molecule has 3 fully saturated rings. The van der Waals surface area contributed by atoms with E-state index in [4.69, 9.17) is 35.3 Å². The molecular formula is C32H53ClO6. The Labute approximate surface area is 242 Å². The summed E-state index contributed by atoms with van der Waals surface area (Å²) in [6.07, 6.45) is 21.6. The maximum Gasteiger partial charge on any atom is 0.305 e. The lowest BCUT2D eigenvalue weighted by Gasteiger charge is -2.30. The maximum atomic E-state index is 11.4.